The van der Waals surface area contributed by atoms with Crippen molar-refractivity contribution in [2.75, 3.05) is 6.61 Å². The molecule has 0 saturated heterocycles. The number of alkyl halides is 3. The Labute approximate surface area is 173 Å². The molecule has 0 radical (unpaired) electrons. The Hall–Kier alpha value is -3.03. The largest absolute Gasteiger partial charge is 0.470 e. The Kier molecular flexibility index (Phi) is 6.34. The van der Waals surface area contributed by atoms with Crippen LogP contribution in [0.15, 0.2) is 30.3 Å². The topological polar surface area (TPSA) is 72.9 Å². The summed E-state index contributed by atoms with van der Waals surface area (Å²) in [4.78, 5) is 36.5. The fourth-order valence-corrected chi connectivity index (χ4v) is 3.13. The molecule has 2 aromatic rings. The highest BCUT2D eigenvalue weighted by atomic mass is 32.2. The van der Waals surface area contributed by atoms with Crippen molar-refractivity contribution >= 4 is 40.6 Å². The number of halogens is 3. The molecule has 10 heteroatoms. The van der Waals surface area contributed by atoms with E-state index >= 15 is 0 Å². The molecule has 0 fully saturated rings. The van der Waals surface area contributed by atoms with E-state index in [4.69, 9.17) is 4.74 Å². The quantitative estimate of drug-likeness (QED) is 0.302. The van der Waals surface area contributed by atoms with Crippen LogP contribution in [0.3, 0.4) is 0 Å². The number of hydrogen-bond donors (Lipinski definition) is 0. The van der Waals surface area contributed by atoms with Gasteiger partial charge in [0.15, 0.2) is 6.61 Å². The Morgan fingerprint density at radius 2 is 1.90 bits per heavy atom. The van der Waals surface area contributed by atoms with Crippen molar-refractivity contribution in [2.24, 2.45) is 0 Å². The number of rotatable bonds is 5. The minimum atomic E-state index is -4.80. The van der Waals surface area contributed by atoms with Crippen LogP contribution in [0.2, 0.25) is 0 Å². The molecule has 0 aromatic heterocycles. The van der Waals surface area contributed by atoms with E-state index in [9.17, 15) is 27.6 Å². The van der Waals surface area contributed by atoms with E-state index in [0.29, 0.717) is 22.8 Å². The molecule has 6 nitrogen and oxygen atoms in total. The first kappa shape index (κ1) is 21.7. The lowest BCUT2D eigenvalue weighted by Crippen LogP contribution is -2.39. The molecule has 1 aliphatic rings. The highest BCUT2D eigenvalue weighted by Gasteiger charge is 2.39. The molecule has 30 heavy (non-hydrogen) atoms. The fourth-order valence-electron chi connectivity index (χ4n) is 2.84. The van der Waals surface area contributed by atoms with Gasteiger partial charge in [0.05, 0.1) is 11.1 Å². The molecule has 0 unspecified atom stereocenters. The maximum Gasteiger partial charge on any atom is 0.470 e. The summed E-state index contributed by atoms with van der Waals surface area (Å²) in [6.07, 6.45) is 0.924. The summed E-state index contributed by atoms with van der Waals surface area (Å²) in [5.74, 6) is 3.00. The number of esters is 1. The van der Waals surface area contributed by atoms with E-state index < -0.39 is 29.4 Å². The third kappa shape index (κ3) is 4.75. The summed E-state index contributed by atoms with van der Waals surface area (Å²) in [6, 6.07) is 7.57. The highest BCUT2D eigenvalue weighted by Crippen LogP contribution is 2.36. The second-order valence-electron chi connectivity index (χ2n) is 6.15. The maximum absolute atomic E-state index is 12.7. The van der Waals surface area contributed by atoms with Crippen LogP contribution in [-0.2, 0) is 13.8 Å². The molecule has 156 valence electrons. The smallest absolute Gasteiger partial charge is 0.452 e. The normalized spacial score (nSPS) is 13.3. The van der Waals surface area contributed by atoms with Crippen molar-refractivity contribution in [2.45, 2.75) is 25.3 Å². The van der Waals surface area contributed by atoms with Gasteiger partial charge in [0, 0.05) is 17.4 Å². The van der Waals surface area contributed by atoms with Crippen molar-refractivity contribution in [1.82, 2.24) is 5.06 Å². The zero-order valence-corrected chi connectivity index (χ0v) is 16.4. The first-order chi connectivity index (χ1) is 14.2. The number of nitrogens with zero attached hydrogens (tertiary/aromatic N) is 1. The number of ether oxygens (including phenoxy) is 1. The van der Waals surface area contributed by atoms with Gasteiger partial charge in [-0.2, -0.15) is 17.5 Å². The Morgan fingerprint density at radius 3 is 2.60 bits per heavy atom. The van der Waals surface area contributed by atoms with Gasteiger partial charge in [-0.3, -0.25) is 14.4 Å². The van der Waals surface area contributed by atoms with E-state index in [0.717, 1.165) is 0 Å². The monoisotopic (exact) mass is 437 g/mol. The van der Waals surface area contributed by atoms with Crippen LogP contribution >= 0.6 is 12.0 Å². The van der Waals surface area contributed by atoms with Gasteiger partial charge in [0.2, 0.25) is 0 Å². The van der Waals surface area contributed by atoms with E-state index in [-0.39, 0.29) is 35.2 Å². The summed E-state index contributed by atoms with van der Waals surface area (Å²) in [7, 11) is 0. The van der Waals surface area contributed by atoms with Gasteiger partial charge in [-0.25, -0.2) is 0 Å². The predicted octanol–water partition coefficient (Wildman–Crippen LogP) is 4.23. The lowest BCUT2D eigenvalue weighted by Gasteiger charge is -2.25. The minimum Gasteiger partial charge on any atom is -0.452 e. The lowest BCUT2D eigenvalue weighted by molar-refractivity contribution is -0.142. The number of carbonyl (C=O) groups is 3. The van der Waals surface area contributed by atoms with Crippen LogP contribution in [0, 0.1) is 11.8 Å². The van der Waals surface area contributed by atoms with Crippen LogP contribution < -0.4 is 0 Å². The third-order valence-electron chi connectivity index (χ3n) is 4.01. The summed E-state index contributed by atoms with van der Waals surface area (Å²) >= 11 is -0.953. The van der Waals surface area contributed by atoms with Crippen molar-refractivity contribution in [3.8, 4) is 11.8 Å². The van der Waals surface area contributed by atoms with Gasteiger partial charge in [-0.15, -0.1) is 5.06 Å². The van der Waals surface area contributed by atoms with Crippen molar-refractivity contribution in [1.29, 1.82) is 0 Å². The number of hydroxylamine groups is 2. The molecule has 0 bridgehead atoms. The first-order valence-corrected chi connectivity index (χ1v) is 9.48. The van der Waals surface area contributed by atoms with E-state index in [1.54, 1.807) is 12.1 Å². The van der Waals surface area contributed by atoms with Crippen LogP contribution in [0.25, 0.3) is 10.8 Å². The van der Waals surface area contributed by atoms with E-state index in [1.165, 1.54) is 18.2 Å². The van der Waals surface area contributed by atoms with Gasteiger partial charge < -0.3 is 4.74 Å². The maximum atomic E-state index is 12.7. The van der Waals surface area contributed by atoms with Gasteiger partial charge >= 0.3 is 11.5 Å². The van der Waals surface area contributed by atoms with Gasteiger partial charge in [-0.05, 0) is 30.0 Å². The van der Waals surface area contributed by atoms with Crippen molar-refractivity contribution in [3.05, 3.63) is 47.0 Å². The number of carbonyl (C=O) groups excluding carboxylic acids is 3. The molecule has 3 rings (SSSR count). The Bertz CT molecular complexity index is 1090. The van der Waals surface area contributed by atoms with Gasteiger partial charge in [0.1, 0.15) is 12.0 Å². The second-order valence-corrected chi connectivity index (χ2v) is 6.93. The van der Waals surface area contributed by atoms with Gasteiger partial charge in [-0.1, -0.05) is 30.9 Å². The molecule has 2 aromatic carbocycles. The average Bonchev–Trinajstić information content (AvgIpc) is 2.68. The summed E-state index contributed by atoms with van der Waals surface area (Å²) in [6.45, 7) is 1.69. The highest BCUT2D eigenvalue weighted by molar-refractivity contribution is 7.95. The van der Waals surface area contributed by atoms with Crippen LogP contribution in [-0.4, -0.2) is 35.0 Å². The molecule has 0 N–H and O–H groups in total. The van der Waals surface area contributed by atoms with Crippen molar-refractivity contribution < 1.29 is 36.6 Å². The summed E-state index contributed by atoms with van der Waals surface area (Å²) in [5.41, 5.74) is -4.40. The van der Waals surface area contributed by atoms with Crippen LogP contribution in [0.1, 0.15) is 46.0 Å². The fraction of sp³-hybridized carbons (Fsp3) is 0.250. The van der Waals surface area contributed by atoms with E-state index in [2.05, 4.69) is 16.1 Å². The zero-order chi connectivity index (χ0) is 21.9. The Balaban J connectivity index is 1.92. The lowest BCUT2D eigenvalue weighted by atomic mass is 9.93. The minimum absolute atomic E-state index is 0.0160. The number of amides is 2. The average molecular weight is 437 g/mol. The van der Waals surface area contributed by atoms with Crippen LogP contribution in [0.4, 0.5) is 13.2 Å². The first-order valence-electron chi connectivity index (χ1n) is 8.74. The summed E-state index contributed by atoms with van der Waals surface area (Å²) in [5, 5.41) is 0.908. The van der Waals surface area contributed by atoms with E-state index in [1.807, 2.05) is 6.92 Å². The van der Waals surface area contributed by atoms with Crippen molar-refractivity contribution in [3.63, 3.8) is 0 Å². The molecule has 1 aliphatic heterocycles. The molecule has 0 aliphatic carbocycles. The molecule has 2 amide bonds. The van der Waals surface area contributed by atoms with Gasteiger partial charge in [0.25, 0.3) is 11.8 Å². The molecule has 1 heterocycles. The predicted molar refractivity (Wildman–Crippen MR) is 102 cm³/mol. The second kappa shape index (κ2) is 8.77. The Morgan fingerprint density at radius 1 is 1.17 bits per heavy atom. The number of benzene rings is 2. The molecule has 0 spiro atoms. The molecule has 0 atom stereocenters. The zero-order valence-electron chi connectivity index (χ0n) is 15.5. The molecule has 0 saturated carbocycles. The van der Waals surface area contributed by atoms with Crippen LogP contribution in [0.5, 0.6) is 0 Å². The molecular weight excluding hydrogens is 423 g/mol. The summed E-state index contributed by atoms with van der Waals surface area (Å²) < 4.78 is 46.7. The standard InChI is InChI=1S/C20H14F3NO5S/c1-2-5-16(25)28-9-4-6-12-10-13-7-3-8-14-17(13)15(11-12)19(27)24(18(14)26)29-30-20(21,22)23/h3,7-8,10-11H,2,5,9H2,1H3. The SMILES string of the molecule is CCCC(=O)OCC#Cc1cc2c3c(cccc3c1)C(=O)N(OSC(F)(F)F)C2=O. The number of hydrogen-bond acceptors (Lipinski definition) is 6. The molecular formula is C20H14F3NO5S. The number of imide groups is 1. The third-order valence-corrected chi connectivity index (χ3v) is 4.42.